The van der Waals surface area contributed by atoms with Crippen molar-refractivity contribution in [1.82, 2.24) is 14.9 Å². The minimum atomic E-state index is -0.424. The van der Waals surface area contributed by atoms with Crippen LogP contribution in [0, 0.1) is 5.82 Å². The van der Waals surface area contributed by atoms with Crippen molar-refractivity contribution in [2.24, 2.45) is 0 Å². The standard InChI is InChI=1S/C23H24FN3O2S/c1-15(21(28)25-17-7-3-2-4-8-17)30-23-26-20-10-6-5-9-19(20)22(29)27(23)18-13-11-16(24)12-14-18/h5-6,9-15,17H,2-4,7-8H2,1H3,(H,25,28). The summed E-state index contributed by atoms with van der Waals surface area (Å²) in [5, 5.41) is 3.60. The first-order chi connectivity index (χ1) is 14.5. The second-order valence-corrected chi connectivity index (χ2v) is 8.94. The van der Waals surface area contributed by atoms with Gasteiger partial charge < -0.3 is 5.32 Å². The Morgan fingerprint density at radius 1 is 1.13 bits per heavy atom. The molecule has 0 aliphatic heterocycles. The third-order valence-corrected chi connectivity index (χ3v) is 6.49. The van der Waals surface area contributed by atoms with Crippen LogP contribution < -0.4 is 10.9 Å². The third kappa shape index (κ3) is 4.41. The van der Waals surface area contributed by atoms with Crippen LogP contribution in [-0.4, -0.2) is 26.8 Å². The second kappa shape index (κ2) is 9.00. The maximum absolute atomic E-state index is 13.4. The van der Waals surface area contributed by atoms with Gasteiger partial charge in [0.05, 0.1) is 21.8 Å². The Hall–Kier alpha value is -2.67. The SMILES string of the molecule is CC(Sc1nc2ccccc2c(=O)n1-c1ccc(F)cc1)C(=O)NC1CCCCC1. The summed E-state index contributed by atoms with van der Waals surface area (Å²) in [5.41, 5.74) is 0.847. The highest BCUT2D eigenvalue weighted by atomic mass is 32.2. The van der Waals surface area contributed by atoms with Crippen LogP contribution in [-0.2, 0) is 4.79 Å². The maximum Gasteiger partial charge on any atom is 0.266 e. The number of carbonyl (C=O) groups excluding carboxylic acids is 1. The molecule has 0 radical (unpaired) electrons. The molecule has 1 atom stereocenters. The molecule has 4 rings (SSSR count). The minimum Gasteiger partial charge on any atom is -0.352 e. The molecular formula is C23H24FN3O2S. The fourth-order valence-electron chi connectivity index (χ4n) is 3.79. The lowest BCUT2D eigenvalue weighted by atomic mass is 9.95. The molecular weight excluding hydrogens is 401 g/mol. The van der Waals surface area contributed by atoms with Gasteiger partial charge >= 0.3 is 0 Å². The van der Waals surface area contributed by atoms with Gasteiger partial charge in [0.25, 0.3) is 5.56 Å². The number of thioether (sulfide) groups is 1. The molecule has 1 aliphatic carbocycles. The van der Waals surface area contributed by atoms with E-state index in [1.807, 2.05) is 13.0 Å². The Balaban J connectivity index is 1.68. The Kier molecular flexibility index (Phi) is 6.18. The lowest BCUT2D eigenvalue weighted by molar-refractivity contribution is -0.121. The Morgan fingerprint density at radius 3 is 2.57 bits per heavy atom. The molecule has 30 heavy (non-hydrogen) atoms. The maximum atomic E-state index is 13.4. The van der Waals surface area contributed by atoms with E-state index < -0.39 is 5.25 Å². The van der Waals surface area contributed by atoms with Gasteiger partial charge in [0.15, 0.2) is 5.16 Å². The van der Waals surface area contributed by atoms with Crippen LogP contribution in [0.15, 0.2) is 58.5 Å². The van der Waals surface area contributed by atoms with E-state index >= 15 is 0 Å². The fourth-order valence-corrected chi connectivity index (χ4v) is 4.72. The molecule has 1 unspecified atom stereocenters. The third-order valence-electron chi connectivity index (χ3n) is 5.43. The van der Waals surface area contributed by atoms with Crippen molar-refractivity contribution in [3.63, 3.8) is 0 Å². The molecule has 3 aromatic rings. The summed E-state index contributed by atoms with van der Waals surface area (Å²) in [5.74, 6) is -0.435. The van der Waals surface area contributed by atoms with E-state index in [0.29, 0.717) is 21.7 Å². The van der Waals surface area contributed by atoms with Crippen LogP contribution in [0.5, 0.6) is 0 Å². The molecule has 1 aromatic heterocycles. The number of para-hydroxylation sites is 1. The average Bonchev–Trinajstić information content (AvgIpc) is 2.76. The van der Waals surface area contributed by atoms with E-state index in [9.17, 15) is 14.0 Å². The number of amides is 1. The van der Waals surface area contributed by atoms with Crippen LogP contribution in [0.4, 0.5) is 4.39 Å². The molecule has 0 saturated heterocycles. The summed E-state index contributed by atoms with van der Waals surface area (Å²) in [6, 6.07) is 13.0. The molecule has 1 aliphatic rings. The quantitative estimate of drug-likeness (QED) is 0.484. The van der Waals surface area contributed by atoms with E-state index in [1.54, 1.807) is 30.3 Å². The van der Waals surface area contributed by atoms with Gasteiger partial charge in [0, 0.05) is 6.04 Å². The second-order valence-electron chi connectivity index (χ2n) is 7.63. The van der Waals surface area contributed by atoms with E-state index in [4.69, 9.17) is 0 Å². The number of aromatic nitrogens is 2. The average molecular weight is 426 g/mol. The van der Waals surface area contributed by atoms with Crippen LogP contribution in [0.25, 0.3) is 16.6 Å². The van der Waals surface area contributed by atoms with Crippen LogP contribution in [0.2, 0.25) is 0 Å². The van der Waals surface area contributed by atoms with Gasteiger partial charge in [0.2, 0.25) is 5.91 Å². The number of rotatable bonds is 5. The van der Waals surface area contributed by atoms with E-state index in [1.165, 1.54) is 34.9 Å². The summed E-state index contributed by atoms with van der Waals surface area (Å²) in [6.07, 6.45) is 5.53. The van der Waals surface area contributed by atoms with Gasteiger partial charge in [-0.3, -0.25) is 14.2 Å². The molecule has 0 spiro atoms. The highest BCUT2D eigenvalue weighted by Gasteiger charge is 2.23. The van der Waals surface area contributed by atoms with Gasteiger partial charge in [-0.05, 0) is 56.2 Å². The van der Waals surface area contributed by atoms with E-state index in [-0.39, 0.29) is 23.3 Å². The van der Waals surface area contributed by atoms with Crippen LogP contribution >= 0.6 is 11.8 Å². The first kappa shape index (κ1) is 20.6. The fraction of sp³-hybridized carbons (Fsp3) is 0.348. The highest BCUT2D eigenvalue weighted by Crippen LogP contribution is 2.26. The minimum absolute atomic E-state index is 0.0556. The number of halogens is 1. The van der Waals surface area contributed by atoms with Gasteiger partial charge in [-0.2, -0.15) is 0 Å². The molecule has 156 valence electrons. The molecule has 1 fully saturated rings. The molecule has 1 N–H and O–H groups in total. The number of benzene rings is 2. The van der Waals surface area contributed by atoms with E-state index in [0.717, 1.165) is 25.7 Å². The number of fused-ring (bicyclic) bond motifs is 1. The zero-order valence-corrected chi connectivity index (χ0v) is 17.6. The van der Waals surface area contributed by atoms with Crippen molar-refractivity contribution < 1.29 is 9.18 Å². The Labute approximate surface area is 178 Å². The Bertz CT molecular complexity index is 1110. The van der Waals surface area contributed by atoms with Gasteiger partial charge in [0.1, 0.15) is 5.82 Å². The topological polar surface area (TPSA) is 64.0 Å². The zero-order valence-electron chi connectivity index (χ0n) is 16.8. The summed E-state index contributed by atoms with van der Waals surface area (Å²) >= 11 is 1.24. The van der Waals surface area contributed by atoms with Gasteiger partial charge in [-0.1, -0.05) is 43.2 Å². The Morgan fingerprint density at radius 2 is 1.83 bits per heavy atom. The first-order valence-corrected chi connectivity index (χ1v) is 11.2. The molecule has 2 aromatic carbocycles. The number of nitrogens with zero attached hydrogens (tertiary/aromatic N) is 2. The summed E-state index contributed by atoms with van der Waals surface area (Å²) in [6.45, 7) is 1.82. The summed E-state index contributed by atoms with van der Waals surface area (Å²) in [7, 11) is 0. The number of hydrogen-bond acceptors (Lipinski definition) is 4. The van der Waals surface area contributed by atoms with Crippen LogP contribution in [0.3, 0.4) is 0 Å². The normalized spacial score (nSPS) is 15.8. The van der Waals surface area contributed by atoms with E-state index in [2.05, 4.69) is 10.3 Å². The van der Waals surface area contributed by atoms with Gasteiger partial charge in [-0.15, -0.1) is 0 Å². The predicted molar refractivity (Wildman–Crippen MR) is 118 cm³/mol. The monoisotopic (exact) mass is 425 g/mol. The summed E-state index contributed by atoms with van der Waals surface area (Å²) in [4.78, 5) is 30.6. The molecule has 0 bridgehead atoms. The van der Waals surface area contributed by atoms with Crippen molar-refractivity contribution in [2.45, 2.75) is 55.5 Å². The molecule has 7 heteroatoms. The van der Waals surface area contributed by atoms with Crippen LogP contribution in [0.1, 0.15) is 39.0 Å². The predicted octanol–water partition coefficient (Wildman–Crippen LogP) is 4.45. The molecule has 1 saturated carbocycles. The van der Waals surface area contributed by atoms with Crippen molar-refractivity contribution in [2.75, 3.05) is 0 Å². The number of nitrogens with one attached hydrogen (secondary N) is 1. The van der Waals surface area contributed by atoms with Crippen molar-refractivity contribution in [3.05, 3.63) is 64.7 Å². The first-order valence-electron chi connectivity index (χ1n) is 10.3. The van der Waals surface area contributed by atoms with Crippen molar-refractivity contribution >= 4 is 28.6 Å². The lowest BCUT2D eigenvalue weighted by Gasteiger charge is -2.24. The number of hydrogen-bond donors (Lipinski definition) is 1. The number of carbonyl (C=O) groups is 1. The van der Waals surface area contributed by atoms with Crippen molar-refractivity contribution in [1.29, 1.82) is 0 Å². The molecule has 1 amide bonds. The lowest BCUT2D eigenvalue weighted by Crippen LogP contribution is -2.40. The smallest absolute Gasteiger partial charge is 0.266 e. The molecule has 1 heterocycles. The zero-order chi connectivity index (χ0) is 21.1. The summed E-state index contributed by atoms with van der Waals surface area (Å²) < 4.78 is 14.9. The van der Waals surface area contributed by atoms with Crippen molar-refractivity contribution in [3.8, 4) is 5.69 Å². The van der Waals surface area contributed by atoms with Gasteiger partial charge in [-0.25, -0.2) is 9.37 Å². The molecule has 5 nitrogen and oxygen atoms in total. The largest absolute Gasteiger partial charge is 0.352 e. The highest BCUT2D eigenvalue weighted by molar-refractivity contribution is 8.00.